The van der Waals surface area contributed by atoms with Crippen molar-refractivity contribution in [2.75, 3.05) is 6.54 Å². The fourth-order valence-electron chi connectivity index (χ4n) is 3.08. The van der Waals surface area contributed by atoms with Gasteiger partial charge in [0.15, 0.2) is 0 Å². The first-order valence-electron chi connectivity index (χ1n) is 5.25. The van der Waals surface area contributed by atoms with E-state index in [-0.39, 0.29) is 0 Å². The van der Waals surface area contributed by atoms with Gasteiger partial charge in [0.25, 0.3) is 0 Å². The molecular weight excluding hydrogens is 148 g/mol. The Balaban J connectivity index is 2.08. The average molecular weight is 168 g/mol. The molecule has 2 heteroatoms. The van der Waals surface area contributed by atoms with Gasteiger partial charge in [0.2, 0.25) is 0 Å². The van der Waals surface area contributed by atoms with Gasteiger partial charge >= 0.3 is 0 Å². The first-order valence-corrected chi connectivity index (χ1v) is 5.25. The first-order chi connectivity index (χ1) is 5.73. The molecule has 2 aliphatic rings. The summed E-state index contributed by atoms with van der Waals surface area (Å²) in [6.07, 6.45) is 8.12. The lowest BCUT2D eigenvalue weighted by Gasteiger charge is -2.41. The number of nitrogens with two attached hydrogens (primary N) is 1. The molecule has 1 saturated heterocycles. The fraction of sp³-hybridized carbons (Fsp3) is 1.00. The molecule has 2 fully saturated rings. The summed E-state index contributed by atoms with van der Waals surface area (Å²) in [5.41, 5.74) is 0.414. The van der Waals surface area contributed by atoms with E-state index in [0.717, 1.165) is 12.5 Å². The summed E-state index contributed by atoms with van der Waals surface area (Å²) in [7, 11) is 0. The monoisotopic (exact) mass is 168 g/mol. The van der Waals surface area contributed by atoms with E-state index in [2.05, 4.69) is 11.9 Å². The predicted molar refractivity (Wildman–Crippen MR) is 50.5 cm³/mol. The summed E-state index contributed by atoms with van der Waals surface area (Å²) in [5, 5.41) is 2.13. The molecule has 2 nitrogen and oxygen atoms in total. The van der Waals surface area contributed by atoms with Gasteiger partial charge in [0, 0.05) is 12.1 Å². The number of hydrogen-bond acceptors (Lipinski definition) is 2. The standard InChI is InChI=1S/C10H20N2/c1-9-4-2-5-10(8-9)6-3-7-12(10)11/h9H,2-8,11H2,1H3. The highest BCUT2D eigenvalue weighted by molar-refractivity contribution is 4.96. The van der Waals surface area contributed by atoms with Gasteiger partial charge in [-0.05, 0) is 31.6 Å². The van der Waals surface area contributed by atoms with Gasteiger partial charge in [-0.2, -0.15) is 0 Å². The Hall–Kier alpha value is -0.0800. The molecule has 12 heavy (non-hydrogen) atoms. The molecule has 1 heterocycles. The molecule has 0 aromatic carbocycles. The number of nitrogens with zero attached hydrogens (tertiary/aromatic N) is 1. The van der Waals surface area contributed by atoms with Crippen LogP contribution in [-0.4, -0.2) is 17.1 Å². The Bertz CT molecular complexity index is 169. The Morgan fingerprint density at radius 1 is 1.33 bits per heavy atom. The Morgan fingerprint density at radius 2 is 2.08 bits per heavy atom. The molecular formula is C10H20N2. The van der Waals surface area contributed by atoms with Crippen LogP contribution in [0, 0.1) is 5.92 Å². The molecule has 0 aromatic heterocycles. The second-order valence-corrected chi connectivity index (χ2v) is 4.72. The molecule has 0 bridgehead atoms. The summed E-state index contributed by atoms with van der Waals surface area (Å²) >= 11 is 0. The number of hydrogen-bond donors (Lipinski definition) is 1. The van der Waals surface area contributed by atoms with Crippen LogP contribution in [0.2, 0.25) is 0 Å². The average Bonchev–Trinajstić information content (AvgIpc) is 2.33. The maximum Gasteiger partial charge on any atom is 0.0354 e. The SMILES string of the molecule is CC1CCCC2(CCCN2N)C1. The Kier molecular flexibility index (Phi) is 2.13. The van der Waals surface area contributed by atoms with E-state index in [4.69, 9.17) is 5.84 Å². The molecule has 0 radical (unpaired) electrons. The Labute approximate surface area is 75.1 Å². The maximum atomic E-state index is 6.04. The minimum absolute atomic E-state index is 0.414. The lowest BCUT2D eigenvalue weighted by Crippen LogP contribution is -2.50. The topological polar surface area (TPSA) is 29.3 Å². The smallest absolute Gasteiger partial charge is 0.0354 e. The van der Waals surface area contributed by atoms with E-state index < -0.39 is 0 Å². The highest BCUT2D eigenvalue weighted by atomic mass is 15.5. The van der Waals surface area contributed by atoms with Crippen LogP contribution in [0.4, 0.5) is 0 Å². The zero-order chi connectivity index (χ0) is 8.60. The number of hydrazine groups is 1. The van der Waals surface area contributed by atoms with Crippen molar-refractivity contribution < 1.29 is 0 Å². The van der Waals surface area contributed by atoms with Gasteiger partial charge in [-0.15, -0.1) is 0 Å². The maximum absolute atomic E-state index is 6.04. The second kappa shape index (κ2) is 3.00. The summed E-state index contributed by atoms with van der Waals surface area (Å²) in [5.74, 6) is 6.93. The molecule has 1 spiro atoms. The molecule has 1 saturated carbocycles. The molecule has 2 rings (SSSR count). The van der Waals surface area contributed by atoms with Crippen molar-refractivity contribution >= 4 is 0 Å². The van der Waals surface area contributed by atoms with Gasteiger partial charge in [-0.25, -0.2) is 5.01 Å². The highest BCUT2D eigenvalue weighted by Gasteiger charge is 2.41. The molecule has 2 N–H and O–H groups in total. The first kappa shape index (κ1) is 8.52. The molecule has 0 aromatic rings. The third kappa shape index (κ3) is 1.27. The van der Waals surface area contributed by atoms with E-state index in [1.807, 2.05) is 0 Å². The predicted octanol–water partition coefficient (Wildman–Crippen LogP) is 1.90. The van der Waals surface area contributed by atoms with Crippen molar-refractivity contribution in [3.63, 3.8) is 0 Å². The van der Waals surface area contributed by atoms with Gasteiger partial charge < -0.3 is 0 Å². The molecule has 70 valence electrons. The van der Waals surface area contributed by atoms with Crippen LogP contribution in [0.5, 0.6) is 0 Å². The minimum atomic E-state index is 0.414. The van der Waals surface area contributed by atoms with Crippen molar-refractivity contribution in [2.45, 2.75) is 51.0 Å². The van der Waals surface area contributed by atoms with Crippen molar-refractivity contribution in [3.8, 4) is 0 Å². The van der Waals surface area contributed by atoms with Gasteiger partial charge in [-0.3, -0.25) is 5.84 Å². The van der Waals surface area contributed by atoms with Crippen LogP contribution >= 0.6 is 0 Å². The van der Waals surface area contributed by atoms with Gasteiger partial charge in [0.05, 0.1) is 0 Å². The summed E-state index contributed by atoms with van der Waals surface area (Å²) in [6.45, 7) is 3.49. The normalized spacial score (nSPS) is 44.0. The largest absolute Gasteiger partial charge is 0.268 e. The van der Waals surface area contributed by atoms with E-state index in [1.165, 1.54) is 38.5 Å². The lowest BCUT2D eigenvalue weighted by molar-refractivity contribution is 0.0712. The van der Waals surface area contributed by atoms with E-state index >= 15 is 0 Å². The highest BCUT2D eigenvalue weighted by Crippen LogP contribution is 2.41. The quantitative estimate of drug-likeness (QED) is 0.560. The fourth-order valence-corrected chi connectivity index (χ4v) is 3.08. The van der Waals surface area contributed by atoms with Crippen LogP contribution in [0.1, 0.15) is 45.4 Å². The van der Waals surface area contributed by atoms with Crippen LogP contribution in [0.3, 0.4) is 0 Å². The Morgan fingerprint density at radius 3 is 2.67 bits per heavy atom. The lowest BCUT2D eigenvalue weighted by atomic mass is 9.75. The van der Waals surface area contributed by atoms with E-state index in [0.29, 0.717) is 5.54 Å². The van der Waals surface area contributed by atoms with Crippen molar-refractivity contribution in [2.24, 2.45) is 11.8 Å². The molecule has 1 aliphatic carbocycles. The van der Waals surface area contributed by atoms with E-state index in [9.17, 15) is 0 Å². The van der Waals surface area contributed by atoms with Crippen LogP contribution in [0.25, 0.3) is 0 Å². The third-order valence-corrected chi connectivity index (χ3v) is 3.72. The summed E-state index contributed by atoms with van der Waals surface area (Å²) in [6, 6.07) is 0. The van der Waals surface area contributed by atoms with Gasteiger partial charge in [0.1, 0.15) is 0 Å². The van der Waals surface area contributed by atoms with Crippen molar-refractivity contribution in [1.29, 1.82) is 0 Å². The molecule has 2 unspecified atom stereocenters. The zero-order valence-electron chi connectivity index (χ0n) is 8.05. The van der Waals surface area contributed by atoms with Crippen LogP contribution in [0.15, 0.2) is 0 Å². The van der Waals surface area contributed by atoms with E-state index in [1.54, 1.807) is 0 Å². The van der Waals surface area contributed by atoms with Crippen molar-refractivity contribution in [1.82, 2.24) is 5.01 Å². The zero-order valence-corrected chi connectivity index (χ0v) is 8.05. The minimum Gasteiger partial charge on any atom is -0.268 e. The third-order valence-electron chi connectivity index (χ3n) is 3.72. The van der Waals surface area contributed by atoms with Crippen LogP contribution in [-0.2, 0) is 0 Å². The number of rotatable bonds is 0. The van der Waals surface area contributed by atoms with Crippen LogP contribution < -0.4 is 5.84 Å². The molecule has 2 atom stereocenters. The molecule has 0 amide bonds. The second-order valence-electron chi connectivity index (χ2n) is 4.72. The summed E-state index contributed by atoms with van der Waals surface area (Å²) < 4.78 is 0. The summed E-state index contributed by atoms with van der Waals surface area (Å²) in [4.78, 5) is 0. The van der Waals surface area contributed by atoms with Gasteiger partial charge in [-0.1, -0.05) is 19.8 Å². The molecule has 1 aliphatic heterocycles. The van der Waals surface area contributed by atoms with Crippen molar-refractivity contribution in [3.05, 3.63) is 0 Å².